The molecule has 1 saturated heterocycles. The van der Waals surface area contributed by atoms with Gasteiger partial charge in [0.1, 0.15) is 0 Å². The van der Waals surface area contributed by atoms with Crippen LogP contribution in [0.25, 0.3) is 0 Å². The number of carbonyl (C=O) groups excluding carboxylic acids is 1. The third-order valence-electron chi connectivity index (χ3n) is 4.74. The maximum Gasteiger partial charge on any atom is 0.254 e. The zero-order valence-electron chi connectivity index (χ0n) is 17.0. The van der Waals surface area contributed by atoms with Crippen molar-refractivity contribution in [3.8, 4) is 0 Å². The van der Waals surface area contributed by atoms with Crippen LogP contribution in [0.5, 0.6) is 0 Å². The molecule has 2 aromatic rings. The van der Waals surface area contributed by atoms with Gasteiger partial charge in [0.25, 0.3) is 5.91 Å². The van der Waals surface area contributed by atoms with Crippen LogP contribution < -0.4 is 0 Å². The first-order valence-corrected chi connectivity index (χ1v) is 12.2. The van der Waals surface area contributed by atoms with Crippen molar-refractivity contribution >= 4 is 38.9 Å². The Morgan fingerprint density at radius 1 is 1.23 bits per heavy atom. The fraction of sp³-hybridized carbons (Fsp3) is 0.381. The van der Waals surface area contributed by atoms with E-state index >= 15 is 0 Å². The number of thiophene rings is 1. The van der Waals surface area contributed by atoms with Crippen molar-refractivity contribution in [2.45, 2.75) is 37.5 Å². The minimum Gasteiger partial charge on any atom is -0.373 e. The molecule has 1 aromatic heterocycles. The third-order valence-corrected chi connectivity index (χ3v) is 7.80. The largest absolute Gasteiger partial charge is 0.373 e. The first-order chi connectivity index (χ1) is 14.2. The van der Waals surface area contributed by atoms with Crippen molar-refractivity contribution in [2.75, 3.05) is 19.6 Å². The van der Waals surface area contributed by atoms with E-state index in [-0.39, 0.29) is 23.0 Å². The van der Waals surface area contributed by atoms with Crippen LogP contribution >= 0.6 is 22.9 Å². The minimum atomic E-state index is -3.65. The molecule has 2 unspecified atom stereocenters. The van der Waals surface area contributed by atoms with E-state index in [1.54, 1.807) is 29.2 Å². The Bertz CT molecular complexity index is 994. The summed E-state index contributed by atoms with van der Waals surface area (Å²) in [5, 5.41) is 0. The van der Waals surface area contributed by atoms with Crippen LogP contribution in [0.4, 0.5) is 0 Å². The monoisotopic (exact) mass is 468 g/mol. The molecule has 2 heterocycles. The second kappa shape index (κ2) is 9.62. The fourth-order valence-corrected chi connectivity index (χ4v) is 6.12. The quantitative estimate of drug-likeness (QED) is 0.575. The molecule has 6 nitrogen and oxygen atoms in total. The lowest BCUT2D eigenvalue weighted by molar-refractivity contribution is -0.0440. The van der Waals surface area contributed by atoms with Gasteiger partial charge in [-0.3, -0.25) is 4.79 Å². The first-order valence-electron chi connectivity index (χ1n) is 9.60. The maximum atomic E-state index is 13.0. The summed E-state index contributed by atoms with van der Waals surface area (Å²) < 4.78 is 33.7. The molecule has 0 spiro atoms. The predicted octanol–water partition coefficient (Wildman–Crippen LogP) is 4.03. The van der Waals surface area contributed by atoms with Crippen LogP contribution in [-0.4, -0.2) is 55.4 Å². The highest BCUT2D eigenvalue weighted by Gasteiger charge is 2.32. The Kier molecular flexibility index (Phi) is 7.36. The van der Waals surface area contributed by atoms with E-state index < -0.39 is 10.0 Å². The van der Waals surface area contributed by atoms with Gasteiger partial charge in [0.2, 0.25) is 10.0 Å². The van der Waals surface area contributed by atoms with Gasteiger partial charge in [0.05, 0.1) is 28.0 Å². The first kappa shape index (κ1) is 23.0. The summed E-state index contributed by atoms with van der Waals surface area (Å²) in [5.74, 6) is -0.197. The predicted molar refractivity (Wildman–Crippen MR) is 119 cm³/mol. The van der Waals surface area contributed by atoms with Gasteiger partial charge in [-0.15, -0.1) is 17.9 Å². The van der Waals surface area contributed by atoms with Gasteiger partial charge in [-0.2, -0.15) is 4.31 Å². The number of rotatable bonds is 7. The Labute approximate surface area is 186 Å². The van der Waals surface area contributed by atoms with E-state index in [4.69, 9.17) is 16.3 Å². The number of morpholine rings is 1. The average molecular weight is 469 g/mol. The second-order valence-electron chi connectivity index (χ2n) is 7.28. The van der Waals surface area contributed by atoms with Crippen molar-refractivity contribution in [3.05, 3.63) is 63.8 Å². The number of carbonyl (C=O) groups is 1. The Hall–Kier alpha value is -1.71. The van der Waals surface area contributed by atoms with Crippen LogP contribution in [0.2, 0.25) is 4.34 Å². The van der Waals surface area contributed by atoms with Crippen molar-refractivity contribution in [3.63, 3.8) is 0 Å². The number of benzene rings is 1. The number of amides is 1. The standard InChI is InChI=1S/C21H25ClN2O4S2/c1-4-11-23(14-18-7-10-20(22)29-18)21(25)17-5-8-19(9-6-17)30(26,27)24-12-15(2)28-16(3)13-24/h4-10,15-16H,1,11-14H2,2-3H3. The van der Waals surface area contributed by atoms with Gasteiger partial charge >= 0.3 is 0 Å². The Balaban J connectivity index is 1.77. The molecule has 0 bridgehead atoms. The lowest BCUT2D eigenvalue weighted by Crippen LogP contribution is -2.48. The van der Waals surface area contributed by atoms with E-state index in [2.05, 4.69) is 6.58 Å². The van der Waals surface area contributed by atoms with Crippen molar-refractivity contribution < 1.29 is 17.9 Å². The van der Waals surface area contributed by atoms with Crippen LogP contribution in [-0.2, 0) is 21.3 Å². The van der Waals surface area contributed by atoms with Crippen LogP contribution in [0.3, 0.4) is 0 Å². The van der Waals surface area contributed by atoms with Crippen LogP contribution in [0.1, 0.15) is 29.1 Å². The minimum absolute atomic E-state index is 0.164. The highest BCUT2D eigenvalue weighted by Crippen LogP contribution is 2.24. The molecule has 0 N–H and O–H groups in total. The molecule has 1 aliphatic heterocycles. The fourth-order valence-electron chi connectivity index (χ4n) is 3.43. The number of hydrogen-bond donors (Lipinski definition) is 0. The van der Waals surface area contributed by atoms with E-state index in [1.165, 1.54) is 27.8 Å². The van der Waals surface area contributed by atoms with Crippen LogP contribution in [0, 0.1) is 0 Å². The summed E-state index contributed by atoms with van der Waals surface area (Å²) >= 11 is 7.40. The number of ether oxygens (including phenoxy) is 1. The Morgan fingerprint density at radius 3 is 2.40 bits per heavy atom. The lowest BCUT2D eigenvalue weighted by atomic mass is 10.2. The normalized spacial score (nSPS) is 20.1. The molecule has 1 aliphatic rings. The third kappa shape index (κ3) is 5.31. The summed E-state index contributed by atoms with van der Waals surface area (Å²) in [4.78, 5) is 15.7. The molecular formula is C21H25ClN2O4S2. The van der Waals surface area contributed by atoms with Gasteiger partial charge in [-0.1, -0.05) is 17.7 Å². The van der Waals surface area contributed by atoms with Gasteiger partial charge in [0, 0.05) is 30.1 Å². The molecule has 1 fully saturated rings. The molecule has 162 valence electrons. The van der Waals surface area contributed by atoms with Gasteiger partial charge in [-0.05, 0) is 50.2 Å². The zero-order valence-corrected chi connectivity index (χ0v) is 19.3. The summed E-state index contributed by atoms with van der Waals surface area (Å²) in [6.45, 7) is 8.83. The van der Waals surface area contributed by atoms with E-state index in [0.29, 0.717) is 36.1 Å². The topological polar surface area (TPSA) is 66.9 Å². The molecule has 3 rings (SSSR count). The summed E-state index contributed by atoms with van der Waals surface area (Å²) in [6.07, 6.45) is 1.33. The molecule has 1 amide bonds. The number of nitrogens with zero attached hydrogens (tertiary/aromatic N) is 2. The number of hydrogen-bond acceptors (Lipinski definition) is 5. The molecule has 1 aromatic carbocycles. The molecule has 2 atom stereocenters. The highest BCUT2D eigenvalue weighted by atomic mass is 35.5. The molecule has 9 heteroatoms. The summed E-state index contributed by atoms with van der Waals surface area (Å²) in [6, 6.07) is 9.77. The average Bonchev–Trinajstić information content (AvgIpc) is 3.11. The Morgan fingerprint density at radius 2 is 1.87 bits per heavy atom. The van der Waals surface area contributed by atoms with E-state index in [0.717, 1.165) is 4.88 Å². The molecular weight excluding hydrogens is 444 g/mol. The smallest absolute Gasteiger partial charge is 0.254 e. The van der Waals surface area contributed by atoms with Gasteiger partial charge in [0.15, 0.2) is 0 Å². The summed E-state index contributed by atoms with van der Waals surface area (Å²) in [7, 11) is -3.65. The molecule has 0 radical (unpaired) electrons. The zero-order chi connectivity index (χ0) is 21.9. The molecule has 0 aliphatic carbocycles. The van der Waals surface area contributed by atoms with Crippen molar-refractivity contribution in [1.82, 2.24) is 9.21 Å². The number of sulfonamides is 1. The molecule has 30 heavy (non-hydrogen) atoms. The molecule has 0 saturated carbocycles. The maximum absolute atomic E-state index is 13.0. The summed E-state index contributed by atoms with van der Waals surface area (Å²) in [5.41, 5.74) is 0.419. The van der Waals surface area contributed by atoms with Gasteiger partial charge in [-0.25, -0.2) is 8.42 Å². The highest BCUT2D eigenvalue weighted by molar-refractivity contribution is 7.89. The van der Waals surface area contributed by atoms with E-state index in [1.807, 2.05) is 19.9 Å². The number of halogens is 1. The van der Waals surface area contributed by atoms with Crippen LogP contribution in [0.15, 0.2) is 53.9 Å². The van der Waals surface area contributed by atoms with Crippen molar-refractivity contribution in [2.24, 2.45) is 0 Å². The van der Waals surface area contributed by atoms with Gasteiger partial charge < -0.3 is 9.64 Å². The second-order valence-corrected chi connectivity index (χ2v) is 11.0. The lowest BCUT2D eigenvalue weighted by Gasteiger charge is -2.34. The van der Waals surface area contributed by atoms with Crippen molar-refractivity contribution in [1.29, 1.82) is 0 Å². The van der Waals surface area contributed by atoms with E-state index in [9.17, 15) is 13.2 Å². The SMILES string of the molecule is C=CCN(Cc1ccc(Cl)s1)C(=O)c1ccc(S(=O)(=O)N2CC(C)OC(C)C2)cc1.